The molecule has 2 rings (SSSR count). The first kappa shape index (κ1) is 23.3. The van der Waals surface area contributed by atoms with Gasteiger partial charge >= 0.3 is 5.69 Å². The maximum atomic E-state index is 12.1. The van der Waals surface area contributed by atoms with Gasteiger partial charge in [-0.2, -0.15) is 0 Å². The van der Waals surface area contributed by atoms with Crippen LogP contribution in [0.5, 0.6) is 0 Å². The van der Waals surface area contributed by atoms with Gasteiger partial charge in [-0.25, -0.2) is 4.79 Å². The Kier molecular flexibility index (Phi) is 8.75. The van der Waals surface area contributed by atoms with E-state index < -0.39 is 10.6 Å². The van der Waals surface area contributed by atoms with Crippen LogP contribution in [0.1, 0.15) is 18.4 Å². The van der Waals surface area contributed by atoms with E-state index in [0.29, 0.717) is 25.5 Å². The van der Waals surface area contributed by atoms with Crippen LogP contribution in [0.15, 0.2) is 39.9 Å². The Morgan fingerprint density at radius 1 is 1.07 bits per heavy atom. The van der Waals surface area contributed by atoms with Crippen LogP contribution in [0.2, 0.25) is 0 Å². The predicted octanol–water partition coefficient (Wildman–Crippen LogP) is 0.403. The number of hydrogen-bond acceptors (Lipinski definition) is 7. The molecule has 0 aliphatic rings. The second-order valence-electron chi connectivity index (χ2n) is 7.08. The van der Waals surface area contributed by atoms with Crippen molar-refractivity contribution in [3.05, 3.63) is 66.8 Å². The summed E-state index contributed by atoms with van der Waals surface area (Å²) >= 11 is 0. The Morgan fingerprint density at radius 3 is 2.40 bits per heavy atom. The first-order chi connectivity index (χ1) is 14.3. The first-order valence-corrected chi connectivity index (χ1v) is 9.92. The number of rotatable bonds is 12. The van der Waals surface area contributed by atoms with Gasteiger partial charge in [-0.15, -0.1) is 0 Å². The number of nitro benzene ring substituents is 1. The third-order valence-electron chi connectivity index (χ3n) is 4.97. The van der Waals surface area contributed by atoms with Crippen molar-refractivity contribution in [3.63, 3.8) is 0 Å². The topological polar surface area (TPSA) is 123 Å². The Bertz CT molecular complexity index is 952. The fourth-order valence-corrected chi connectivity index (χ4v) is 3.19. The molecule has 30 heavy (non-hydrogen) atoms. The molecule has 0 unspecified atom stereocenters. The van der Waals surface area contributed by atoms with E-state index in [4.69, 9.17) is 0 Å². The molecule has 2 aromatic rings. The van der Waals surface area contributed by atoms with Gasteiger partial charge in [0.05, 0.1) is 11.5 Å². The standard InChI is InChI=1S/C20H29N5O5/c1-22-18(15-19(27)23(2)20(22)28)24(13-14-26)12-11-21-10-4-3-5-16-6-8-17(9-7-16)25(29)30/h6-9,15,21,26H,3-5,10-14H2,1-2H3. The highest BCUT2D eigenvalue weighted by molar-refractivity contribution is 5.38. The van der Waals surface area contributed by atoms with Gasteiger partial charge in [0.2, 0.25) is 0 Å². The lowest BCUT2D eigenvalue weighted by Crippen LogP contribution is -2.43. The Labute approximate surface area is 174 Å². The molecule has 0 spiro atoms. The number of nitro groups is 1. The number of non-ortho nitro benzene ring substituents is 1. The lowest BCUT2D eigenvalue weighted by Gasteiger charge is -2.26. The van der Waals surface area contributed by atoms with Gasteiger partial charge < -0.3 is 15.3 Å². The SMILES string of the molecule is Cn1c(N(CCO)CCNCCCCc2ccc([N+](=O)[O-])cc2)cc(=O)n(C)c1=O. The minimum Gasteiger partial charge on any atom is -0.395 e. The number of benzene rings is 1. The molecule has 0 aliphatic carbocycles. The molecule has 0 atom stereocenters. The van der Waals surface area contributed by atoms with Crippen LogP contribution < -0.4 is 21.5 Å². The summed E-state index contributed by atoms with van der Waals surface area (Å²) < 4.78 is 2.45. The van der Waals surface area contributed by atoms with E-state index in [1.807, 2.05) is 4.90 Å². The van der Waals surface area contributed by atoms with E-state index in [2.05, 4.69) is 5.32 Å². The Hall–Kier alpha value is -2.98. The number of aliphatic hydroxyl groups excluding tert-OH is 1. The number of unbranched alkanes of at least 4 members (excludes halogenated alkanes) is 1. The molecule has 2 N–H and O–H groups in total. The van der Waals surface area contributed by atoms with Crippen molar-refractivity contribution < 1.29 is 10.0 Å². The van der Waals surface area contributed by atoms with E-state index in [9.17, 15) is 24.8 Å². The molecular weight excluding hydrogens is 390 g/mol. The summed E-state index contributed by atoms with van der Waals surface area (Å²) in [4.78, 5) is 36.1. The summed E-state index contributed by atoms with van der Waals surface area (Å²) in [5, 5.41) is 23.3. The van der Waals surface area contributed by atoms with Crippen molar-refractivity contribution in [2.45, 2.75) is 19.3 Å². The summed E-state index contributed by atoms with van der Waals surface area (Å²) in [5.74, 6) is 0.483. The average Bonchev–Trinajstić information content (AvgIpc) is 2.73. The predicted molar refractivity (Wildman–Crippen MR) is 115 cm³/mol. The normalized spacial score (nSPS) is 10.9. The molecule has 0 aliphatic heterocycles. The van der Waals surface area contributed by atoms with Crippen LogP contribution in [-0.4, -0.2) is 51.9 Å². The number of aryl methyl sites for hydroxylation is 1. The molecule has 0 saturated carbocycles. The molecule has 164 valence electrons. The van der Waals surface area contributed by atoms with E-state index in [0.717, 1.165) is 35.9 Å². The number of hydrogen-bond donors (Lipinski definition) is 2. The number of aromatic nitrogens is 2. The highest BCUT2D eigenvalue weighted by Gasteiger charge is 2.13. The minimum atomic E-state index is -0.404. The van der Waals surface area contributed by atoms with Crippen LogP contribution in [0, 0.1) is 10.1 Å². The van der Waals surface area contributed by atoms with Gasteiger partial charge in [0.25, 0.3) is 11.2 Å². The third-order valence-corrected chi connectivity index (χ3v) is 4.97. The van der Waals surface area contributed by atoms with Crippen molar-refractivity contribution in [2.75, 3.05) is 37.7 Å². The van der Waals surface area contributed by atoms with Gasteiger partial charge in [0, 0.05) is 51.9 Å². The van der Waals surface area contributed by atoms with Gasteiger partial charge in [0.15, 0.2) is 0 Å². The molecule has 0 bridgehead atoms. The van der Waals surface area contributed by atoms with E-state index >= 15 is 0 Å². The second kappa shape index (κ2) is 11.3. The number of nitrogens with one attached hydrogen (secondary N) is 1. The van der Waals surface area contributed by atoms with Crippen molar-refractivity contribution in [3.8, 4) is 0 Å². The van der Waals surface area contributed by atoms with Crippen molar-refractivity contribution >= 4 is 11.5 Å². The fourth-order valence-electron chi connectivity index (χ4n) is 3.19. The quantitative estimate of drug-likeness (QED) is 0.290. The molecule has 0 saturated heterocycles. The lowest BCUT2D eigenvalue weighted by atomic mass is 10.1. The third kappa shape index (κ3) is 6.26. The van der Waals surface area contributed by atoms with Crippen LogP contribution in [0.25, 0.3) is 0 Å². The number of nitrogens with zero attached hydrogens (tertiary/aromatic N) is 4. The number of aliphatic hydroxyl groups is 1. The van der Waals surface area contributed by atoms with Gasteiger partial charge in [-0.05, 0) is 31.4 Å². The van der Waals surface area contributed by atoms with Crippen LogP contribution >= 0.6 is 0 Å². The molecule has 1 aromatic heterocycles. The molecule has 0 radical (unpaired) electrons. The Morgan fingerprint density at radius 2 is 1.77 bits per heavy atom. The molecule has 0 amide bonds. The summed E-state index contributed by atoms with van der Waals surface area (Å²) in [6.45, 7) is 2.22. The van der Waals surface area contributed by atoms with E-state index in [1.54, 1.807) is 19.2 Å². The van der Waals surface area contributed by atoms with Crippen molar-refractivity contribution in [2.24, 2.45) is 14.1 Å². The first-order valence-electron chi connectivity index (χ1n) is 9.92. The van der Waals surface area contributed by atoms with Crippen molar-refractivity contribution in [1.82, 2.24) is 14.5 Å². The smallest absolute Gasteiger partial charge is 0.332 e. The molecular formula is C20H29N5O5. The van der Waals surface area contributed by atoms with Crippen LogP contribution in [-0.2, 0) is 20.5 Å². The maximum absolute atomic E-state index is 12.1. The Balaban J connectivity index is 1.77. The fraction of sp³-hybridized carbons (Fsp3) is 0.500. The van der Waals surface area contributed by atoms with Gasteiger partial charge in [0.1, 0.15) is 5.82 Å². The zero-order chi connectivity index (χ0) is 22.1. The van der Waals surface area contributed by atoms with Gasteiger partial charge in [-0.3, -0.25) is 24.0 Å². The minimum absolute atomic E-state index is 0.0847. The van der Waals surface area contributed by atoms with Crippen LogP contribution in [0.4, 0.5) is 11.5 Å². The van der Waals surface area contributed by atoms with E-state index in [1.165, 1.54) is 29.8 Å². The number of anilines is 1. The molecule has 10 heteroatoms. The van der Waals surface area contributed by atoms with Crippen molar-refractivity contribution in [1.29, 1.82) is 0 Å². The zero-order valence-electron chi connectivity index (χ0n) is 17.4. The summed E-state index contributed by atoms with van der Waals surface area (Å²) in [5.41, 5.74) is 0.387. The lowest BCUT2D eigenvalue weighted by molar-refractivity contribution is -0.384. The van der Waals surface area contributed by atoms with E-state index in [-0.39, 0.29) is 17.9 Å². The monoisotopic (exact) mass is 419 g/mol. The highest BCUT2D eigenvalue weighted by Crippen LogP contribution is 2.13. The molecule has 1 aromatic carbocycles. The van der Waals surface area contributed by atoms with Gasteiger partial charge in [-0.1, -0.05) is 12.1 Å². The average molecular weight is 419 g/mol. The molecule has 10 nitrogen and oxygen atoms in total. The second-order valence-corrected chi connectivity index (χ2v) is 7.08. The van der Waals surface area contributed by atoms with Crippen LogP contribution in [0.3, 0.4) is 0 Å². The summed E-state index contributed by atoms with van der Waals surface area (Å²) in [7, 11) is 3.04. The molecule has 0 fully saturated rings. The summed E-state index contributed by atoms with van der Waals surface area (Å²) in [6.07, 6.45) is 2.75. The highest BCUT2D eigenvalue weighted by atomic mass is 16.6. The molecule has 1 heterocycles. The zero-order valence-corrected chi connectivity index (χ0v) is 17.4. The summed E-state index contributed by atoms with van der Waals surface area (Å²) in [6, 6.07) is 8.02. The largest absolute Gasteiger partial charge is 0.395 e. The maximum Gasteiger partial charge on any atom is 0.332 e.